The zero-order valence-corrected chi connectivity index (χ0v) is 21.0. The highest BCUT2D eigenvalue weighted by Crippen LogP contribution is 2.38. The summed E-state index contributed by atoms with van der Waals surface area (Å²) in [6.07, 6.45) is 5.45. The van der Waals surface area contributed by atoms with Gasteiger partial charge in [-0.2, -0.15) is 4.39 Å². The van der Waals surface area contributed by atoms with Crippen LogP contribution in [-0.4, -0.2) is 42.8 Å². The molecule has 0 spiro atoms. The molecule has 3 heterocycles. The van der Waals surface area contributed by atoms with E-state index in [0.717, 1.165) is 19.0 Å². The number of thiazole rings is 1. The van der Waals surface area contributed by atoms with Crippen LogP contribution in [0.5, 0.6) is 0 Å². The minimum atomic E-state index is -3.83. The van der Waals surface area contributed by atoms with Gasteiger partial charge in [0.1, 0.15) is 0 Å². The maximum Gasteiger partial charge on any atom is 0.253 e. The number of nitrogens with one attached hydrogen (secondary N) is 2. The molecule has 8 nitrogen and oxygen atoms in total. The molecular weight excluding hydrogens is 481 g/mol. The van der Waals surface area contributed by atoms with Crippen LogP contribution in [0.3, 0.4) is 0 Å². The fourth-order valence-electron chi connectivity index (χ4n) is 5.03. The number of H-pyrrole nitrogens is 1. The molecule has 4 rings (SSSR count). The number of sulfone groups is 1. The molecule has 1 aliphatic carbocycles. The van der Waals surface area contributed by atoms with Crippen LogP contribution >= 0.6 is 11.3 Å². The first-order chi connectivity index (χ1) is 16.2. The number of anilines is 1. The van der Waals surface area contributed by atoms with Gasteiger partial charge in [0, 0.05) is 24.5 Å². The first-order valence-electron chi connectivity index (χ1n) is 11.7. The zero-order chi connectivity index (χ0) is 24.5. The number of amides is 1. The molecule has 1 aliphatic heterocycles. The van der Waals surface area contributed by atoms with E-state index in [4.69, 9.17) is 4.74 Å². The molecule has 1 atom stereocenters. The van der Waals surface area contributed by atoms with Crippen LogP contribution in [0.15, 0.2) is 15.9 Å². The lowest BCUT2D eigenvalue weighted by Gasteiger charge is -2.28. The van der Waals surface area contributed by atoms with E-state index in [2.05, 4.69) is 15.3 Å². The lowest BCUT2D eigenvalue weighted by atomic mass is 9.84. The first kappa shape index (κ1) is 25.0. The van der Waals surface area contributed by atoms with Gasteiger partial charge in [-0.15, -0.1) is 0 Å². The van der Waals surface area contributed by atoms with E-state index in [9.17, 15) is 22.4 Å². The molecule has 2 aromatic rings. The summed E-state index contributed by atoms with van der Waals surface area (Å²) >= 11 is 0.681. The quantitative estimate of drug-likeness (QED) is 0.583. The SMILES string of the molecule is Cc1[nH]c(=O)c([C@H](CC2CCOCC2)C(=O)Nc2ncc(F)s2)c(S(=O)(=O)C2CCCC2)c1C. The number of halogens is 1. The van der Waals surface area contributed by atoms with Crippen LogP contribution in [-0.2, 0) is 19.4 Å². The number of aromatic nitrogens is 2. The predicted octanol–water partition coefficient (Wildman–Crippen LogP) is 3.84. The molecule has 2 aromatic heterocycles. The summed E-state index contributed by atoms with van der Waals surface area (Å²) in [5, 5.41) is 1.56. The summed E-state index contributed by atoms with van der Waals surface area (Å²) < 4.78 is 46.5. The van der Waals surface area contributed by atoms with E-state index in [1.54, 1.807) is 13.8 Å². The van der Waals surface area contributed by atoms with Gasteiger partial charge in [0.25, 0.3) is 5.56 Å². The summed E-state index contributed by atoms with van der Waals surface area (Å²) in [6, 6.07) is 0. The second kappa shape index (κ2) is 10.2. The molecule has 1 amide bonds. The van der Waals surface area contributed by atoms with E-state index in [-0.39, 0.29) is 21.5 Å². The van der Waals surface area contributed by atoms with Gasteiger partial charge in [-0.25, -0.2) is 13.4 Å². The van der Waals surface area contributed by atoms with E-state index in [1.165, 1.54) is 0 Å². The fraction of sp³-hybridized carbons (Fsp3) is 0.609. The van der Waals surface area contributed by atoms with Gasteiger partial charge >= 0.3 is 0 Å². The number of aryl methyl sites for hydroxylation is 1. The maximum absolute atomic E-state index is 13.8. The summed E-state index contributed by atoms with van der Waals surface area (Å²) in [4.78, 5) is 33.4. The highest BCUT2D eigenvalue weighted by molar-refractivity contribution is 7.92. The van der Waals surface area contributed by atoms with Crippen LogP contribution in [0, 0.1) is 24.9 Å². The van der Waals surface area contributed by atoms with Crippen molar-refractivity contribution < 1.29 is 22.3 Å². The second-order valence-corrected chi connectivity index (χ2v) is 12.3. The third-order valence-corrected chi connectivity index (χ3v) is 10.1. The average molecular weight is 512 g/mol. The normalized spacial score (nSPS) is 18.8. The number of rotatable bonds is 7. The van der Waals surface area contributed by atoms with Crippen molar-refractivity contribution >= 4 is 32.2 Å². The Morgan fingerprint density at radius 2 is 1.94 bits per heavy atom. The standard InChI is InChI=1S/C23H30FN3O5S2/c1-13-14(2)26-22(29)19(20(13)34(30,31)16-5-3-4-6-16)17(11-15-7-9-32-10-8-15)21(28)27-23-25-12-18(24)33-23/h12,15-17H,3-11H2,1-2H3,(H,26,29)(H,25,27,28)/t17-/m0/s1. The van der Waals surface area contributed by atoms with E-state index in [1.807, 2.05) is 0 Å². The summed E-state index contributed by atoms with van der Waals surface area (Å²) in [5.41, 5.74) is 0.345. The Hall–Kier alpha value is -2.11. The molecule has 186 valence electrons. The minimum absolute atomic E-state index is 0.0156. The molecule has 0 radical (unpaired) electrons. The van der Waals surface area contributed by atoms with Crippen molar-refractivity contribution in [3.05, 3.63) is 38.5 Å². The second-order valence-electron chi connectivity index (χ2n) is 9.20. The van der Waals surface area contributed by atoms with Crippen molar-refractivity contribution in [3.63, 3.8) is 0 Å². The van der Waals surface area contributed by atoms with Crippen LogP contribution in [0.25, 0.3) is 0 Å². The molecule has 11 heteroatoms. The molecule has 0 bridgehead atoms. The molecule has 34 heavy (non-hydrogen) atoms. The van der Waals surface area contributed by atoms with Gasteiger partial charge in [0.15, 0.2) is 20.1 Å². The van der Waals surface area contributed by atoms with E-state index >= 15 is 0 Å². The number of carbonyl (C=O) groups excluding carboxylic acids is 1. The topological polar surface area (TPSA) is 118 Å². The molecule has 2 aliphatic rings. The minimum Gasteiger partial charge on any atom is -0.381 e. The Kier molecular flexibility index (Phi) is 7.54. The molecule has 0 aromatic carbocycles. The molecule has 1 saturated carbocycles. The summed E-state index contributed by atoms with van der Waals surface area (Å²) in [6.45, 7) is 4.44. The van der Waals surface area contributed by atoms with Crippen molar-refractivity contribution in [2.45, 2.75) is 74.9 Å². The smallest absolute Gasteiger partial charge is 0.253 e. The van der Waals surface area contributed by atoms with Gasteiger partial charge < -0.3 is 15.0 Å². The van der Waals surface area contributed by atoms with Crippen LogP contribution < -0.4 is 10.9 Å². The summed E-state index contributed by atoms with van der Waals surface area (Å²) in [5.74, 6) is -1.50. The number of pyridine rings is 1. The van der Waals surface area contributed by atoms with Crippen molar-refractivity contribution in [2.75, 3.05) is 18.5 Å². The average Bonchev–Trinajstić information content (AvgIpc) is 3.48. The Bertz CT molecular complexity index is 1210. The van der Waals surface area contributed by atoms with Crippen LogP contribution in [0.4, 0.5) is 9.52 Å². The van der Waals surface area contributed by atoms with Crippen molar-refractivity contribution in [1.82, 2.24) is 9.97 Å². The number of nitrogens with zero attached hydrogens (tertiary/aromatic N) is 1. The summed E-state index contributed by atoms with van der Waals surface area (Å²) in [7, 11) is -3.83. The Morgan fingerprint density at radius 1 is 1.26 bits per heavy atom. The van der Waals surface area contributed by atoms with Gasteiger partial charge in [0.05, 0.1) is 22.3 Å². The third-order valence-electron chi connectivity index (χ3n) is 7.00. The molecule has 0 unspecified atom stereocenters. The van der Waals surface area contributed by atoms with Crippen molar-refractivity contribution in [1.29, 1.82) is 0 Å². The monoisotopic (exact) mass is 511 g/mol. The molecule has 2 fully saturated rings. The van der Waals surface area contributed by atoms with Gasteiger partial charge in [0.2, 0.25) is 5.91 Å². The Labute approximate surface area is 202 Å². The highest BCUT2D eigenvalue weighted by atomic mass is 32.2. The Morgan fingerprint density at radius 3 is 2.56 bits per heavy atom. The number of carbonyl (C=O) groups is 1. The molecule has 1 saturated heterocycles. The van der Waals surface area contributed by atoms with Crippen LogP contribution in [0.2, 0.25) is 0 Å². The number of hydrogen-bond donors (Lipinski definition) is 2. The maximum atomic E-state index is 13.8. The van der Waals surface area contributed by atoms with Crippen LogP contribution in [0.1, 0.15) is 67.7 Å². The Balaban J connectivity index is 1.83. The molecule has 2 N–H and O–H groups in total. The van der Waals surface area contributed by atoms with Crippen molar-refractivity contribution in [2.24, 2.45) is 5.92 Å². The first-order valence-corrected chi connectivity index (χ1v) is 14.0. The number of aromatic amines is 1. The fourth-order valence-corrected chi connectivity index (χ4v) is 7.99. The lowest BCUT2D eigenvalue weighted by Crippen LogP contribution is -2.34. The molecular formula is C23H30FN3O5S2. The van der Waals surface area contributed by atoms with Crippen molar-refractivity contribution in [3.8, 4) is 0 Å². The third kappa shape index (κ3) is 5.11. The predicted molar refractivity (Wildman–Crippen MR) is 128 cm³/mol. The van der Waals surface area contributed by atoms with E-state index in [0.29, 0.717) is 67.9 Å². The number of ether oxygens (including phenoxy) is 1. The van der Waals surface area contributed by atoms with Gasteiger partial charge in [-0.1, -0.05) is 24.2 Å². The van der Waals surface area contributed by atoms with Gasteiger partial charge in [-0.05, 0) is 57.4 Å². The highest BCUT2D eigenvalue weighted by Gasteiger charge is 2.39. The lowest BCUT2D eigenvalue weighted by molar-refractivity contribution is -0.118. The van der Waals surface area contributed by atoms with E-state index < -0.39 is 37.6 Å². The largest absolute Gasteiger partial charge is 0.381 e. The number of hydrogen-bond acceptors (Lipinski definition) is 7. The van der Waals surface area contributed by atoms with Gasteiger partial charge in [-0.3, -0.25) is 9.59 Å². The zero-order valence-electron chi connectivity index (χ0n) is 19.4.